The number of pyridine rings is 4. The van der Waals surface area contributed by atoms with Gasteiger partial charge in [-0.05, 0) is 81.3 Å². The Kier molecular flexibility index (Phi) is 12.9. The van der Waals surface area contributed by atoms with Crippen LogP contribution >= 0.6 is 0 Å². The summed E-state index contributed by atoms with van der Waals surface area (Å²) < 4.78 is 0. The molecule has 0 fully saturated rings. The molecule has 0 spiro atoms. The maximum absolute atomic E-state index is 9.08. The first-order valence-corrected chi connectivity index (χ1v) is 20.3. The molecule has 2 atom stereocenters. The molecule has 0 saturated carbocycles. The number of fused-ring (bicyclic) bond motifs is 6. The summed E-state index contributed by atoms with van der Waals surface area (Å²) in [6.07, 6.45) is 11.2. The second-order valence-corrected chi connectivity index (χ2v) is 14.8. The minimum atomic E-state index is -0.713. The summed E-state index contributed by atoms with van der Waals surface area (Å²) in [7, 11) is 0. The Hall–Kier alpha value is -7.02. The molecule has 0 saturated heterocycles. The fraction of sp³-hybridized carbons (Fsp3) is 0.0545. The SMILES string of the molecule is CC1=CC=CC(O)C1O.[Ru].c1ccc(-c2ccnc3c2ccc2c(-c4ccccc4)ccnc23)cc1.c1ccc(-c2ccnc3c2ccc2c(-c4ccccc4)ccnc23)cc1. The van der Waals surface area contributed by atoms with Gasteiger partial charge < -0.3 is 10.2 Å². The number of aromatic nitrogens is 4. The van der Waals surface area contributed by atoms with Gasteiger partial charge in [0, 0.05) is 65.8 Å². The van der Waals surface area contributed by atoms with E-state index in [-0.39, 0.29) is 19.5 Å². The van der Waals surface area contributed by atoms with E-state index in [1.165, 1.54) is 44.5 Å². The number of rotatable bonds is 4. The molecule has 0 radical (unpaired) electrons. The van der Waals surface area contributed by atoms with E-state index in [0.29, 0.717) is 0 Å². The number of hydrogen-bond donors (Lipinski definition) is 2. The second kappa shape index (κ2) is 19.1. The van der Waals surface area contributed by atoms with Crippen molar-refractivity contribution in [3.63, 3.8) is 0 Å². The van der Waals surface area contributed by atoms with E-state index in [1.54, 1.807) is 25.2 Å². The molecule has 4 aromatic heterocycles. The molecule has 0 amide bonds. The van der Waals surface area contributed by atoms with Crippen LogP contribution < -0.4 is 0 Å². The molecule has 0 bridgehead atoms. The predicted molar refractivity (Wildman–Crippen MR) is 251 cm³/mol. The molecule has 0 aliphatic heterocycles. The van der Waals surface area contributed by atoms with Crippen LogP contribution in [0.4, 0.5) is 0 Å². The average molecular weight is 892 g/mol. The number of nitrogens with zero attached hydrogens (tertiary/aromatic N) is 4. The van der Waals surface area contributed by atoms with Crippen molar-refractivity contribution in [2.24, 2.45) is 0 Å². The van der Waals surface area contributed by atoms with E-state index in [9.17, 15) is 0 Å². The molecule has 10 aromatic rings. The molecule has 7 heteroatoms. The molecule has 1 aliphatic rings. The quantitative estimate of drug-likeness (QED) is 0.135. The molecule has 2 unspecified atom stereocenters. The third-order valence-electron chi connectivity index (χ3n) is 11.0. The molecule has 62 heavy (non-hydrogen) atoms. The maximum atomic E-state index is 9.08. The van der Waals surface area contributed by atoms with E-state index < -0.39 is 12.2 Å². The summed E-state index contributed by atoms with van der Waals surface area (Å²) in [6.45, 7) is 1.79. The van der Waals surface area contributed by atoms with Crippen molar-refractivity contribution in [3.8, 4) is 44.5 Å². The van der Waals surface area contributed by atoms with Crippen molar-refractivity contribution in [2.45, 2.75) is 19.1 Å². The van der Waals surface area contributed by atoms with Gasteiger partial charge in [-0.1, -0.05) is 164 Å². The van der Waals surface area contributed by atoms with Crippen LogP contribution in [0.25, 0.3) is 88.1 Å². The van der Waals surface area contributed by atoms with E-state index in [1.807, 2.05) is 49.1 Å². The Balaban J connectivity index is 0.000000141. The zero-order chi connectivity index (χ0) is 41.5. The first-order chi connectivity index (χ1) is 30.0. The number of benzene rings is 6. The van der Waals surface area contributed by atoms with Gasteiger partial charge in [-0.3, -0.25) is 19.9 Å². The van der Waals surface area contributed by atoms with Crippen molar-refractivity contribution in [1.82, 2.24) is 19.9 Å². The first-order valence-electron chi connectivity index (χ1n) is 20.3. The monoisotopic (exact) mass is 892 g/mol. The molecule has 6 nitrogen and oxygen atoms in total. The summed E-state index contributed by atoms with van der Waals surface area (Å²) in [5.74, 6) is 0. The van der Waals surface area contributed by atoms with Crippen LogP contribution in [0.2, 0.25) is 0 Å². The normalized spacial score (nSPS) is 14.3. The van der Waals surface area contributed by atoms with Gasteiger partial charge in [0.25, 0.3) is 0 Å². The zero-order valence-corrected chi connectivity index (χ0v) is 35.6. The minimum Gasteiger partial charge on any atom is -0.386 e. The molecule has 4 heterocycles. The number of aliphatic hydroxyl groups excluding tert-OH is 2. The van der Waals surface area contributed by atoms with Gasteiger partial charge in [0.2, 0.25) is 0 Å². The van der Waals surface area contributed by atoms with Crippen molar-refractivity contribution >= 4 is 43.6 Å². The van der Waals surface area contributed by atoms with E-state index in [4.69, 9.17) is 10.2 Å². The Morgan fingerprint density at radius 1 is 0.371 bits per heavy atom. The second-order valence-electron chi connectivity index (χ2n) is 14.8. The smallest absolute Gasteiger partial charge is 0.105 e. The van der Waals surface area contributed by atoms with Crippen molar-refractivity contribution < 1.29 is 29.7 Å². The van der Waals surface area contributed by atoms with Gasteiger partial charge >= 0.3 is 0 Å². The van der Waals surface area contributed by atoms with Crippen LogP contribution in [0, 0.1) is 0 Å². The van der Waals surface area contributed by atoms with Crippen LogP contribution in [0.1, 0.15) is 6.92 Å². The standard InChI is InChI=1S/2C24H16N2.C7H10O2.Ru/c2*1-3-7-17(8-4-1)19-13-15-25-23-21(19)11-12-22-20(14-16-26-24(22)23)18-9-5-2-6-10-18;1-5-3-2-4-6(8)7(5)9;/h2*1-16H;2-4,6-9H,1H3;. The number of hydrogen-bond acceptors (Lipinski definition) is 6. The molecular formula is C55H42N4O2Ru. The largest absolute Gasteiger partial charge is 0.386 e. The summed E-state index contributed by atoms with van der Waals surface area (Å²) in [4.78, 5) is 18.7. The maximum Gasteiger partial charge on any atom is 0.105 e. The van der Waals surface area contributed by atoms with Crippen LogP contribution in [0.5, 0.6) is 0 Å². The first kappa shape index (κ1) is 41.7. The van der Waals surface area contributed by atoms with Gasteiger partial charge in [-0.15, -0.1) is 0 Å². The van der Waals surface area contributed by atoms with Crippen LogP contribution in [-0.4, -0.2) is 42.4 Å². The Morgan fingerprint density at radius 3 is 0.887 bits per heavy atom. The van der Waals surface area contributed by atoms with E-state index in [0.717, 1.165) is 49.2 Å². The fourth-order valence-corrected chi connectivity index (χ4v) is 7.93. The van der Waals surface area contributed by atoms with Crippen molar-refractivity contribution in [1.29, 1.82) is 0 Å². The molecule has 6 aromatic carbocycles. The van der Waals surface area contributed by atoms with Gasteiger partial charge in [-0.25, -0.2) is 0 Å². The van der Waals surface area contributed by atoms with E-state index in [2.05, 4.69) is 166 Å². The molecule has 2 N–H and O–H groups in total. The summed E-state index contributed by atoms with van der Waals surface area (Å²) >= 11 is 0. The van der Waals surface area contributed by atoms with Crippen molar-refractivity contribution in [3.05, 3.63) is 218 Å². The topological polar surface area (TPSA) is 92.0 Å². The summed E-state index contributed by atoms with van der Waals surface area (Å²) in [5, 5.41) is 22.6. The van der Waals surface area contributed by atoms with Gasteiger partial charge in [0.05, 0.1) is 22.1 Å². The summed E-state index contributed by atoms with van der Waals surface area (Å²) in [5.41, 5.74) is 14.1. The minimum absolute atomic E-state index is 0. The van der Waals surface area contributed by atoms with Crippen molar-refractivity contribution in [2.75, 3.05) is 0 Å². The van der Waals surface area contributed by atoms with Crippen LogP contribution in [0.3, 0.4) is 0 Å². The number of aliphatic hydroxyl groups is 2. The van der Waals surface area contributed by atoms with Gasteiger partial charge in [0.1, 0.15) is 12.2 Å². The Labute approximate surface area is 373 Å². The Morgan fingerprint density at radius 2 is 0.645 bits per heavy atom. The van der Waals surface area contributed by atoms with Crippen LogP contribution in [0.15, 0.2) is 218 Å². The zero-order valence-electron chi connectivity index (χ0n) is 33.9. The third kappa shape index (κ3) is 8.61. The van der Waals surface area contributed by atoms with Crippen LogP contribution in [-0.2, 0) is 19.5 Å². The summed E-state index contributed by atoms with van der Waals surface area (Å²) in [6, 6.07) is 58.7. The van der Waals surface area contributed by atoms with Gasteiger partial charge in [-0.2, -0.15) is 0 Å². The average Bonchev–Trinajstić information content (AvgIpc) is 3.34. The van der Waals surface area contributed by atoms with E-state index >= 15 is 0 Å². The van der Waals surface area contributed by atoms with Gasteiger partial charge in [0.15, 0.2) is 0 Å². The molecular weight excluding hydrogens is 850 g/mol. The predicted octanol–water partition coefficient (Wildman–Crippen LogP) is 12.5. The Bertz CT molecular complexity index is 2780. The fourth-order valence-electron chi connectivity index (χ4n) is 7.93. The molecule has 302 valence electrons. The third-order valence-corrected chi connectivity index (χ3v) is 11.0. The molecule has 1 aliphatic carbocycles. The molecule has 11 rings (SSSR count). The number of allylic oxidation sites excluding steroid dienone is 2.